The van der Waals surface area contributed by atoms with Crippen LogP contribution in [0.3, 0.4) is 0 Å². The van der Waals surface area contributed by atoms with Crippen molar-refractivity contribution in [3.8, 4) is 22.6 Å². The van der Waals surface area contributed by atoms with Crippen molar-refractivity contribution in [1.82, 2.24) is 29.5 Å². The van der Waals surface area contributed by atoms with E-state index in [9.17, 15) is 9.90 Å². The molecule has 4 heterocycles. The predicted molar refractivity (Wildman–Crippen MR) is 159 cm³/mol. The lowest BCUT2D eigenvalue weighted by Gasteiger charge is -2.39. The molecule has 42 heavy (non-hydrogen) atoms. The van der Waals surface area contributed by atoms with Crippen LogP contribution in [0, 0.1) is 6.92 Å². The summed E-state index contributed by atoms with van der Waals surface area (Å²) in [6.45, 7) is 8.20. The number of aryl methyl sites for hydroxylation is 1. The van der Waals surface area contributed by atoms with E-state index in [1.165, 1.54) is 12.7 Å². The maximum Gasteiger partial charge on any atom is 0.410 e. The third-order valence-corrected chi connectivity index (χ3v) is 7.74. The molecule has 0 spiro atoms. The Morgan fingerprint density at radius 3 is 2.55 bits per heavy atom. The van der Waals surface area contributed by atoms with Crippen molar-refractivity contribution in [1.29, 1.82) is 0 Å². The number of amides is 1. The van der Waals surface area contributed by atoms with E-state index in [0.29, 0.717) is 48.1 Å². The molecule has 11 heteroatoms. The fraction of sp³-hybridized carbons (Fsp3) is 0.323. The van der Waals surface area contributed by atoms with Crippen LogP contribution < -0.4 is 4.74 Å². The second-order valence-corrected chi connectivity index (χ2v) is 12.0. The Morgan fingerprint density at radius 1 is 1.02 bits per heavy atom. The summed E-state index contributed by atoms with van der Waals surface area (Å²) in [5.74, 6) is 1.07. The third-order valence-electron chi connectivity index (χ3n) is 7.44. The van der Waals surface area contributed by atoms with Gasteiger partial charge >= 0.3 is 6.09 Å². The summed E-state index contributed by atoms with van der Waals surface area (Å²) in [6.07, 6.45) is 5.15. The Labute approximate surface area is 247 Å². The summed E-state index contributed by atoms with van der Waals surface area (Å²) in [6, 6.07) is 13.0. The summed E-state index contributed by atoms with van der Waals surface area (Å²) in [5.41, 5.74) is 2.86. The number of halogens is 1. The average Bonchev–Trinajstić information content (AvgIpc) is 3.41. The number of aromatic nitrogens is 5. The first-order valence-electron chi connectivity index (χ1n) is 13.7. The first-order valence-corrected chi connectivity index (χ1v) is 14.1. The molecule has 10 nitrogen and oxygen atoms in total. The van der Waals surface area contributed by atoms with Crippen molar-refractivity contribution in [3.63, 3.8) is 0 Å². The number of carbonyl (C=O) groups is 1. The molecule has 1 aliphatic heterocycles. The number of fused-ring (bicyclic) bond motifs is 2. The van der Waals surface area contributed by atoms with Crippen LogP contribution in [0.4, 0.5) is 4.79 Å². The van der Waals surface area contributed by atoms with Crippen LogP contribution in [0.5, 0.6) is 11.5 Å². The summed E-state index contributed by atoms with van der Waals surface area (Å²) < 4.78 is 13.2. The van der Waals surface area contributed by atoms with Gasteiger partial charge in [0.05, 0.1) is 16.1 Å². The average molecular weight is 587 g/mol. The van der Waals surface area contributed by atoms with E-state index in [0.717, 1.165) is 33.3 Å². The highest BCUT2D eigenvalue weighted by molar-refractivity contribution is 6.32. The monoisotopic (exact) mass is 586 g/mol. The number of likely N-dealkylation sites (tertiary alicyclic amines) is 1. The smallest absolute Gasteiger partial charge is 0.410 e. The summed E-state index contributed by atoms with van der Waals surface area (Å²) in [7, 11) is 0. The Kier molecular flexibility index (Phi) is 6.98. The van der Waals surface area contributed by atoms with E-state index < -0.39 is 11.2 Å². The molecule has 2 aromatic carbocycles. The molecule has 0 saturated carbocycles. The van der Waals surface area contributed by atoms with E-state index in [4.69, 9.17) is 21.1 Å². The Bertz CT molecular complexity index is 1810. The van der Waals surface area contributed by atoms with E-state index in [-0.39, 0.29) is 6.09 Å². The van der Waals surface area contributed by atoms with Gasteiger partial charge in [0.2, 0.25) is 0 Å². The number of benzene rings is 2. The van der Waals surface area contributed by atoms with Gasteiger partial charge in [-0.25, -0.2) is 24.3 Å². The summed E-state index contributed by atoms with van der Waals surface area (Å²) in [4.78, 5) is 27.4. The number of piperidine rings is 1. The van der Waals surface area contributed by atoms with Crippen LogP contribution in [0.15, 0.2) is 61.3 Å². The maximum atomic E-state index is 12.6. The normalized spacial score (nSPS) is 15.2. The van der Waals surface area contributed by atoms with Gasteiger partial charge in [-0.1, -0.05) is 17.7 Å². The molecule has 0 bridgehead atoms. The van der Waals surface area contributed by atoms with Gasteiger partial charge in [0, 0.05) is 42.0 Å². The van der Waals surface area contributed by atoms with Gasteiger partial charge in [-0.2, -0.15) is 5.10 Å². The van der Waals surface area contributed by atoms with Gasteiger partial charge in [-0.3, -0.25) is 0 Å². The number of ether oxygens (including phenoxy) is 2. The molecule has 1 fully saturated rings. The quantitative estimate of drug-likeness (QED) is 0.260. The zero-order valence-corrected chi connectivity index (χ0v) is 24.6. The van der Waals surface area contributed by atoms with Crippen LogP contribution in [0.2, 0.25) is 5.02 Å². The molecule has 1 N–H and O–H groups in total. The standard InChI is InChI=1S/C31H31ClN6O4/c1-19-23-14-21(31(40)8-11-37(12-9-31)29(39)42-30(2,3)4)15-24(28(23)35-17-33-19)20-5-6-26(25(32)13-20)41-22-7-10-38-27(16-22)34-18-36-38/h5-7,10,13-18,40H,8-9,11-12H2,1-4H3. The minimum Gasteiger partial charge on any atom is -0.456 e. The Balaban J connectivity index is 1.32. The minimum absolute atomic E-state index is 0.369. The lowest BCUT2D eigenvalue weighted by Crippen LogP contribution is -2.46. The first kappa shape index (κ1) is 27.9. The second kappa shape index (κ2) is 10.5. The minimum atomic E-state index is -1.14. The lowest BCUT2D eigenvalue weighted by molar-refractivity contribution is -0.0355. The second-order valence-electron chi connectivity index (χ2n) is 11.6. The topological polar surface area (TPSA) is 115 Å². The van der Waals surface area contributed by atoms with E-state index >= 15 is 0 Å². The number of hydrogen-bond acceptors (Lipinski definition) is 8. The zero-order valence-electron chi connectivity index (χ0n) is 23.8. The van der Waals surface area contributed by atoms with Crippen molar-refractivity contribution in [2.24, 2.45) is 0 Å². The number of pyridine rings is 1. The van der Waals surface area contributed by atoms with Gasteiger partial charge in [0.25, 0.3) is 0 Å². The van der Waals surface area contributed by atoms with Gasteiger partial charge in [0.1, 0.15) is 29.8 Å². The number of nitrogens with zero attached hydrogens (tertiary/aromatic N) is 6. The van der Waals surface area contributed by atoms with Crippen molar-refractivity contribution in [3.05, 3.63) is 77.6 Å². The van der Waals surface area contributed by atoms with Gasteiger partial charge in [-0.05, 0) is 82.0 Å². The highest BCUT2D eigenvalue weighted by Gasteiger charge is 2.37. The lowest BCUT2D eigenvalue weighted by atomic mass is 9.82. The molecule has 216 valence electrons. The van der Waals surface area contributed by atoms with Crippen molar-refractivity contribution >= 4 is 34.2 Å². The van der Waals surface area contributed by atoms with Crippen LogP contribution in [0.1, 0.15) is 44.9 Å². The molecule has 0 unspecified atom stereocenters. The Morgan fingerprint density at radius 2 is 1.81 bits per heavy atom. The molecule has 5 aromatic rings. The zero-order chi connectivity index (χ0) is 29.6. The Hall–Kier alpha value is -4.28. The van der Waals surface area contributed by atoms with Gasteiger partial charge < -0.3 is 19.5 Å². The number of rotatable bonds is 4. The molecule has 0 aliphatic carbocycles. The number of hydrogen-bond donors (Lipinski definition) is 1. The third kappa shape index (κ3) is 5.47. The molecule has 1 saturated heterocycles. The maximum absolute atomic E-state index is 12.6. The molecular formula is C31H31ClN6O4. The van der Waals surface area contributed by atoms with Gasteiger partial charge in [0.15, 0.2) is 5.65 Å². The van der Waals surface area contributed by atoms with Crippen LogP contribution >= 0.6 is 11.6 Å². The van der Waals surface area contributed by atoms with Crippen LogP contribution in [-0.2, 0) is 10.3 Å². The number of carbonyl (C=O) groups excluding carboxylic acids is 1. The molecule has 6 rings (SSSR count). The highest BCUT2D eigenvalue weighted by atomic mass is 35.5. The van der Waals surface area contributed by atoms with Crippen molar-refractivity contribution < 1.29 is 19.4 Å². The molecule has 1 amide bonds. The van der Waals surface area contributed by atoms with E-state index in [2.05, 4.69) is 20.1 Å². The van der Waals surface area contributed by atoms with Crippen molar-refractivity contribution in [2.75, 3.05) is 13.1 Å². The van der Waals surface area contributed by atoms with Crippen LogP contribution in [0.25, 0.3) is 27.7 Å². The fourth-order valence-corrected chi connectivity index (χ4v) is 5.41. The van der Waals surface area contributed by atoms with E-state index in [1.807, 2.05) is 58.0 Å². The summed E-state index contributed by atoms with van der Waals surface area (Å²) >= 11 is 6.73. The predicted octanol–water partition coefficient (Wildman–Crippen LogP) is 6.31. The largest absolute Gasteiger partial charge is 0.456 e. The SMILES string of the molecule is Cc1ncnc2c(-c3ccc(Oc4ccn5ncnc5c4)c(Cl)c3)cc(C3(O)CCN(C(=O)OC(C)(C)C)CC3)cc12. The summed E-state index contributed by atoms with van der Waals surface area (Å²) in [5, 5.41) is 17.2. The first-order chi connectivity index (χ1) is 20.0. The molecular weight excluding hydrogens is 556 g/mol. The molecule has 1 aliphatic rings. The molecule has 3 aromatic heterocycles. The number of aliphatic hydroxyl groups is 1. The highest BCUT2D eigenvalue weighted by Crippen LogP contribution is 2.41. The van der Waals surface area contributed by atoms with Crippen LogP contribution in [-0.4, -0.2) is 59.4 Å². The van der Waals surface area contributed by atoms with Crippen molar-refractivity contribution in [2.45, 2.75) is 51.7 Å². The van der Waals surface area contributed by atoms with E-state index in [1.54, 1.807) is 27.7 Å². The molecule has 0 radical (unpaired) electrons. The van der Waals surface area contributed by atoms with Gasteiger partial charge in [-0.15, -0.1) is 0 Å². The molecule has 0 atom stereocenters. The fourth-order valence-electron chi connectivity index (χ4n) is 5.19.